The van der Waals surface area contributed by atoms with Crippen LogP contribution in [0.2, 0.25) is 0 Å². The number of aryl methyl sites for hydroxylation is 1. The lowest BCUT2D eigenvalue weighted by molar-refractivity contribution is 1.19. The van der Waals surface area contributed by atoms with Gasteiger partial charge in [-0.3, -0.25) is 0 Å². The maximum Gasteiger partial charge on any atom is 0.131 e. The highest BCUT2D eigenvalue weighted by Crippen LogP contribution is 2.25. The summed E-state index contributed by atoms with van der Waals surface area (Å²) in [6.45, 7) is 1.91. The van der Waals surface area contributed by atoms with Crippen LogP contribution in [0.15, 0.2) is 40.9 Å². The molecular weight excluding hydrogens is 310 g/mol. The minimum Gasteiger partial charge on any atom is -0.389 e. The van der Waals surface area contributed by atoms with Crippen LogP contribution in [0.25, 0.3) is 0 Å². The van der Waals surface area contributed by atoms with Crippen LogP contribution in [0.5, 0.6) is 0 Å². The van der Waals surface area contributed by atoms with E-state index in [4.69, 9.17) is 18.0 Å². The van der Waals surface area contributed by atoms with E-state index < -0.39 is 0 Å². The maximum atomic E-state index is 5.64. The number of aromatic nitrogens is 1. The Morgan fingerprint density at radius 2 is 2.06 bits per heavy atom. The fraction of sp³-hybridized carbons (Fsp3) is 0.0769. The third-order valence-electron chi connectivity index (χ3n) is 2.37. The number of pyridine rings is 1. The summed E-state index contributed by atoms with van der Waals surface area (Å²) in [5.74, 6) is 0.727. The molecule has 0 aliphatic heterocycles. The molecule has 0 spiro atoms. The van der Waals surface area contributed by atoms with Crippen molar-refractivity contribution >= 4 is 44.6 Å². The van der Waals surface area contributed by atoms with Crippen LogP contribution in [0.4, 0.5) is 11.5 Å². The van der Waals surface area contributed by atoms with Gasteiger partial charge in [-0.2, -0.15) is 0 Å². The molecule has 1 aromatic heterocycles. The van der Waals surface area contributed by atoms with Crippen LogP contribution < -0.4 is 11.1 Å². The smallest absolute Gasteiger partial charge is 0.131 e. The van der Waals surface area contributed by atoms with Crippen LogP contribution in [0.3, 0.4) is 0 Å². The highest BCUT2D eigenvalue weighted by atomic mass is 79.9. The Morgan fingerprint density at radius 1 is 1.33 bits per heavy atom. The van der Waals surface area contributed by atoms with Gasteiger partial charge in [0.2, 0.25) is 0 Å². The van der Waals surface area contributed by atoms with E-state index in [0.717, 1.165) is 27.2 Å². The molecule has 0 fully saturated rings. The van der Waals surface area contributed by atoms with Crippen molar-refractivity contribution in [1.29, 1.82) is 0 Å². The molecule has 3 nitrogen and oxygen atoms in total. The third-order valence-corrected chi connectivity index (χ3v) is 3.30. The highest BCUT2D eigenvalue weighted by Gasteiger charge is 2.04. The van der Waals surface area contributed by atoms with Crippen molar-refractivity contribution in [3.63, 3.8) is 0 Å². The van der Waals surface area contributed by atoms with E-state index in [0.29, 0.717) is 4.99 Å². The molecule has 0 unspecified atom stereocenters. The number of nitrogens with one attached hydrogen (secondary N) is 1. The molecule has 0 aliphatic carbocycles. The van der Waals surface area contributed by atoms with Crippen molar-refractivity contribution in [1.82, 2.24) is 4.98 Å². The summed E-state index contributed by atoms with van der Waals surface area (Å²) < 4.78 is 0.977. The van der Waals surface area contributed by atoms with Gasteiger partial charge in [-0.1, -0.05) is 24.4 Å². The SMILES string of the molecule is Cc1cc(C(N)=S)cc(Nc2ccccc2Br)n1. The van der Waals surface area contributed by atoms with Crippen molar-refractivity contribution in [2.75, 3.05) is 5.32 Å². The first-order valence-electron chi connectivity index (χ1n) is 5.36. The van der Waals surface area contributed by atoms with Gasteiger partial charge in [0.25, 0.3) is 0 Å². The zero-order chi connectivity index (χ0) is 13.1. The molecular formula is C13H12BrN3S. The largest absolute Gasteiger partial charge is 0.389 e. The molecule has 2 rings (SSSR count). The molecule has 18 heavy (non-hydrogen) atoms. The number of benzene rings is 1. The molecule has 0 radical (unpaired) electrons. The van der Waals surface area contributed by atoms with Gasteiger partial charge < -0.3 is 11.1 Å². The van der Waals surface area contributed by atoms with Crippen molar-refractivity contribution < 1.29 is 0 Å². The molecule has 3 N–H and O–H groups in total. The summed E-state index contributed by atoms with van der Waals surface area (Å²) in [4.78, 5) is 4.78. The van der Waals surface area contributed by atoms with Gasteiger partial charge in [-0.25, -0.2) is 4.98 Å². The second-order valence-corrected chi connectivity index (χ2v) is 5.15. The third kappa shape index (κ3) is 3.05. The van der Waals surface area contributed by atoms with E-state index in [1.165, 1.54) is 0 Å². The van der Waals surface area contributed by atoms with Gasteiger partial charge in [0.05, 0.1) is 5.69 Å². The zero-order valence-electron chi connectivity index (χ0n) is 9.77. The molecule has 0 atom stereocenters. The minimum atomic E-state index is 0.371. The number of rotatable bonds is 3. The predicted molar refractivity (Wildman–Crippen MR) is 82.3 cm³/mol. The quantitative estimate of drug-likeness (QED) is 0.849. The van der Waals surface area contributed by atoms with E-state index in [1.54, 1.807) is 0 Å². The predicted octanol–water partition coefficient (Wildman–Crippen LogP) is 3.53. The lowest BCUT2D eigenvalue weighted by atomic mass is 10.2. The summed E-state index contributed by atoms with van der Waals surface area (Å²) in [6, 6.07) is 11.6. The average molecular weight is 322 g/mol. The topological polar surface area (TPSA) is 50.9 Å². The normalized spacial score (nSPS) is 10.1. The molecule has 1 heterocycles. The summed E-state index contributed by atoms with van der Waals surface area (Å²) in [5, 5.41) is 3.24. The highest BCUT2D eigenvalue weighted by molar-refractivity contribution is 9.10. The first-order chi connectivity index (χ1) is 8.56. The molecule has 2 aromatic rings. The van der Waals surface area contributed by atoms with Crippen LogP contribution >= 0.6 is 28.1 Å². The number of thiocarbonyl (C=S) groups is 1. The number of nitrogens with zero attached hydrogens (tertiary/aromatic N) is 1. The standard InChI is InChI=1S/C13H12BrN3S/c1-8-6-9(13(15)18)7-12(16-8)17-11-5-3-2-4-10(11)14/h2-7H,1H3,(H2,15,18)(H,16,17). The van der Waals surface area contributed by atoms with E-state index in [-0.39, 0.29) is 0 Å². The Morgan fingerprint density at radius 3 is 2.72 bits per heavy atom. The molecule has 0 aliphatic rings. The van der Waals surface area contributed by atoms with Gasteiger partial charge in [-0.15, -0.1) is 0 Å². The number of nitrogens with two attached hydrogens (primary N) is 1. The van der Waals surface area contributed by atoms with Crippen LogP contribution in [0.1, 0.15) is 11.3 Å². The Hall–Kier alpha value is -1.46. The average Bonchev–Trinajstić information content (AvgIpc) is 2.31. The minimum absolute atomic E-state index is 0.371. The molecule has 0 saturated carbocycles. The van der Waals surface area contributed by atoms with E-state index in [9.17, 15) is 0 Å². The second-order valence-electron chi connectivity index (χ2n) is 3.85. The Bertz CT molecular complexity index is 599. The van der Waals surface area contributed by atoms with Crippen molar-refractivity contribution in [2.24, 2.45) is 5.73 Å². The van der Waals surface area contributed by atoms with Gasteiger partial charge in [-0.05, 0) is 47.1 Å². The number of hydrogen-bond acceptors (Lipinski definition) is 3. The van der Waals surface area contributed by atoms with Crippen molar-refractivity contribution in [2.45, 2.75) is 6.92 Å². The van der Waals surface area contributed by atoms with E-state index in [2.05, 4.69) is 26.2 Å². The first-order valence-corrected chi connectivity index (χ1v) is 6.56. The van der Waals surface area contributed by atoms with Crippen molar-refractivity contribution in [3.05, 3.63) is 52.1 Å². The van der Waals surface area contributed by atoms with Gasteiger partial charge in [0.15, 0.2) is 0 Å². The molecule has 92 valence electrons. The summed E-state index contributed by atoms with van der Waals surface area (Å²) >= 11 is 8.46. The number of anilines is 2. The Labute approximate surface area is 120 Å². The maximum absolute atomic E-state index is 5.64. The number of para-hydroxylation sites is 1. The molecule has 5 heteroatoms. The van der Waals surface area contributed by atoms with Crippen molar-refractivity contribution in [3.8, 4) is 0 Å². The number of hydrogen-bond donors (Lipinski definition) is 2. The summed E-state index contributed by atoms with van der Waals surface area (Å²) in [5.41, 5.74) is 8.27. The molecule has 0 bridgehead atoms. The molecule has 1 aromatic carbocycles. The monoisotopic (exact) mass is 321 g/mol. The van der Waals surface area contributed by atoms with E-state index >= 15 is 0 Å². The lowest BCUT2D eigenvalue weighted by Crippen LogP contribution is -2.10. The fourth-order valence-electron chi connectivity index (χ4n) is 1.58. The Balaban J connectivity index is 2.35. The summed E-state index contributed by atoms with van der Waals surface area (Å²) in [6.07, 6.45) is 0. The lowest BCUT2D eigenvalue weighted by Gasteiger charge is -2.10. The van der Waals surface area contributed by atoms with Gasteiger partial charge >= 0.3 is 0 Å². The van der Waals surface area contributed by atoms with Crippen LogP contribution in [-0.2, 0) is 0 Å². The van der Waals surface area contributed by atoms with Crippen LogP contribution in [0, 0.1) is 6.92 Å². The zero-order valence-corrected chi connectivity index (χ0v) is 12.2. The van der Waals surface area contributed by atoms with Gasteiger partial charge in [0, 0.05) is 15.7 Å². The summed E-state index contributed by atoms with van der Waals surface area (Å²) in [7, 11) is 0. The molecule has 0 amide bonds. The van der Waals surface area contributed by atoms with E-state index in [1.807, 2.05) is 43.3 Å². The Kier molecular flexibility index (Phi) is 3.93. The van der Waals surface area contributed by atoms with Crippen LogP contribution in [-0.4, -0.2) is 9.97 Å². The molecule has 0 saturated heterocycles. The first kappa shape index (κ1) is 13.0. The fourth-order valence-corrected chi connectivity index (χ4v) is 2.08. The van der Waals surface area contributed by atoms with Gasteiger partial charge in [0.1, 0.15) is 10.8 Å². The number of halogens is 1. The second kappa shape index (κ2) is 5.46.